The average Bonchev–Trinajstić information content (AvgIpc) is 2.06. The number of rotatable bonds is 2. The Morgan fingerprint density at radius 1 is 1.33 bits per heavy atom. The first-order chi connectivity index (χ1) is 6.79. The number of benzene rings is 1. The standard InChI is InChI=1S/C10H9F4O/c1-6(2)7-3-4-8(11)9(5-7)15-10(12,13)14/h3-6H,1H2,2H3. The lowest BCUT2D eigenvalue weighted by Crippen LogP contribution is -2.18. The van der Waals surface area contributed by atoms with Gasteiger partial charge in [-0.15, -0.1) is 13.2 Å². The zero-order chi connectivity index (χ0) is 11.6. The van der Waals surface area contributed by atoms with Crippen LogP contribution in [-0.2, 0) is 0 Å². The maximum absolute atomic E-state index is 12.9. The molecule has 5 heteroatoms. The summed E-state index contributed by atoms with van der Waals surface area (Å²) < 4.78 is 52.0. The van der Waals surface area contributed by atoms with Crippen molar-refractivity contribution in [3.05, 3.63) is 36.5 Å². The first kappa shape index (κ1) is 11.8. The van der Waals surface area contributed by atoms with Crippen LogP contribution in [-0.4, -0.2) is 6.36 Å². The van der Waals surface area contributed by atoms with Gasteiger partial charge in [0.15, 0.2) is 11.6 Å². The van der Waals surface area contributed by atoms with Crippen LogP contribution in [0.3, 0.4) is 0 Å². The highest BCUT2D eigenvalue weighted by atomic mass is 19.4. The molecule has 15 heavy (non-hydrogen) atoms. The molecule has 0 saturated carbocycles. The third-order valence-corrected chi connectivity index (χ3v) is 1.75. The molecule has 83 valence electrons. The van der Waals surface area contributed by atoms with Gasteiger partial charge >= 0.3 is 6.36 Å². The minimum atomic E-state index is -4.89. The van der Waals surface area contributed by atoms with Crippen LogP contribution in [0.15, 0.2) is 18.2 Å². The van der Waals surface area contributed by atoms with E-state index in [9.17, 15) is 17.6 Å². The van der Waals surface area contributed by atoms with Gasteiger partial charge < -0.3 is 4.74 Å². The minimum absolute atomic E-state index is 0.235. The summed E-state index contributed by atoms with van der Waals surface area (Å²) in [5.41, 5.74) is 0.482. The third-order valence-electron chi connectivity index (χ3n) is 1.75. The predicted molar refractivity (Wildman–Crippen MR) is 46.9 cm³/mol. The normalized spacial score (nSPS) is 11.9. The summed E-state index contributed by atoms with van der Waals surface area (Å²) >= 11 is 0. The molecule has 1 aromatic carbocycles. The number of ether oxygens (including phenoxy) is 1. The van der Waals surface area contributed by atoms with Crippen molar-refractivity contribution in [2.24, 2.45) is 0 Å². The van der Waals surface area contributed by atoms with Crippen LogP contribution in [0, 0.1) is 12.7 Å². The Bertz CT molecular complexity index is 344. The van der Waals surface area contributed by atoms with Crippen molar-refractivity contribution in [2.45, 2.75) is 19.2 Å². The monoisotopic (exact) mass is 221 g/mol. The van der Waals surface area contributed by atoms with Gasteiger partial charge in [0, 0.05) is 0 Å². The van der Waals surface area contributed by atoms with Crippen molar-refractivity contribution in [1.29, 1.82) is 0 Å². The Hall–Kier alpha value is -1.26. The molecule has 1 radical (unpaired) electrons. The fraction of sp³-hybridized carbons (Fsp3) is 0.300. The van der Waals surface area contributed by atoms with Crippen LogP contribution in [0.1, 0.15) is 18.4 Å². The fourth-order valence-electron chi connectivity index (χ4n) is 1.03. The van der Waals surface area contributed by atoms with Crippen molar-refractivity contribution < 1.29 is 22.3 Å². The first-order valence-electron chi connectivity index (χ1n) is 4.18. The van der Waals surface area contributed by atoms with Crippen molar-refractivity contribution in [3.63, 3.8) is 0 Å². The highest BCUT2D eigenvalue weighted by Crippen LogP contribution is 2.28. The molecule has 0 aliphatic carbocycles. The number of hydrogen-bond donors (Lipinski definition) is 0. The second kappa shape index (κ2) is 4.08. The molecule has 1 atom stereocenters. The zero-order valence-corrected chi connectivity index (χ0v) is 7.94. The second-order valence-electron chi connectivity index (χ2n) is 3.14. The van der Waals surface area contributed by atoms with Gasteiger partial charge in [-0.25, -0.2) is 4.39 Å². The molecule has 1 nitrogen and oxygen atoms in total. The first-order valence-corrected chi connectivity index (χ1v) is 4.18. The average molecular weight is 221 g/mol. The molecular weight excluding hydrogens is 212 g/mol. The van der Waals surface area contributed by atoms with E-state index in [0.29, 0.717) is 5.56 Å². The summed E-state index contributed by atoms with van der Waals surface area (Å²) in [5, 5.41) is 0. The van der Waals surface area contributed by atoms with Gasteiger partial charge in [0.05, 0.1) is 0 Å². The molecule has 1 rings (SSSR count). The summed E-state index contributed by atoms with van der Waals surface area (Å²) in [6, 6.07) is 3.30. The molecular formula is C10H9F4O. The van der Waals surface area contributed by atoms with Crippen LogP contribution in [0.4, 0.5) is 17.6 Å². The van der Waals surface area contributed by atoms with Gasteiger partial charge in [-0.2, -0.15) is 0 Å². The van der Waals surface area contributed by atoms with Gasteiger partial charge in [-0.1, -0.05) is 13.0 Å². The highest BCUT2D eigenvalue weighted by Gasteiger charge is 2.32. The number of hydrogen-bond acceptors (Lipinski definition) is 1. The lowest BCUT2D eigenvalue weighted by molar-refractivity contribution is -0.275. The van der Waals surface area contributed by atoms with Gasteiger partial charge in [-0.3, -0.25) is 0 Å². The number of halogens is 4. The molecule has 0 fully saturated rings. The summed E-state index contributed by atoms with van der Waals surface area (Å²) in [4.78, 5) is 0. The Balaban J connectivity index is 3.01. The molecule has 0 saturated heterocycles. The Labute approximate surface area is 84.7 Å². The molecule has 0 amide bonds. The summed E-state index contributed by atoms with van der Waals surface area (Å²) in [5.74, 6) is -2.10. The van der Waals surface area contributed by atoms with Crippen LogP contribution >= 0.6 is 0 Å². The van der Waals surface area contributed by atoms with Crippen LogP contribution in [0.25, 0.3) is 0 Å². The van der Waals surface area contributed by atoms with Gasteiger partial charge in [0.25, 0.3) is 0 Å². The molecule has 0 bridgehead atoms. The van der Waals surface area contributed by atoms with Crippen LogP contribution in [0.5, 0.6) is 5.75 Å². The summed E-state index contributed by atoms with van der Waals surface area (Å²) in [6.45, 7) is 5.30. The van der Waals surface area contributed by atoms with E-state index in [1.807, 2.05) is 0 Å². The van der Waals surface area contributed by atoms with Gasteiger partial charge in [0.1, 0.15) is 0 Å². The quantitative estimate of drug-likeness (QED) is 0.692. The molecule has 1 aromatic rings. The maximum atomic E-state index is 12.9. The predicted octanol–water partition coefficient (Wildman–Crippen LogP) is 3.66. The Morgan fingerprint density at radius 3 is 2.40 bits per heavy atom. The van der Waals surface area contributed by atoms with E-state index >= 15 is 0 Å². The van der Waals surface area contributed by atoms with Crippen molar-refractivity contribution >= 4 is 0 Å². The topological polar surface area (TPSA) is 9.23 Å². The lowest BCUT2D eigenvalue weighted by Gasteiger charge is -2.12. The van der Waals surface area contributed by atoms with E-state index in [1.165, 1.54) is 6.07 Å². The van der Waals surface area contributed by atoms with Crippen molar-refractivity contribution in [1.82, 2.24) is 0 Å². The molecule has 0 heterocycles. The summed E-state index contributed by atoms with van der Waals surface area (Å²) in [6.07, 6.45) is -4.89. The molecule has 0 spiro atoms. The third kappa shape index (κ3) is 3.42. The second-order valence-corrected chi connectivity index (χ2v) is 3.14. The molecule has 0 aliphatic heterocycles. The maximum Gasteiger partial charge on any atom is 0.573 e. The van der Waals surface area contributed by atoms with E-state index in [0.717, 1.165) is 12.1 Å². The van der Waals surface area contributed by atoms with E-state index in [2.05, 4.69) is 11.7 Å². The van der Waals surface area contributed by atoms with Crippen molar-refractivity contribution in [3.8, 4) is 5.75 Å². The van der Waals surface area contributed by atoms with Crippen molar-refractivity contribution in [2.75, 3.05) is 0 Å². The van der Waals surface area contributed by atoms with Gasteiger partial charge in [-0.05, 0) is 30.5 Å². The Morgan fingerprint density at radius 2 is 1.93 bits per heavy atom. The van der Waals surface area contributed by atoms with E-state index in [4.69, 9.17) is 0 Å². The van der Waals surface area contributed by atoms with E-state index < -0.39 is 17.9 Å². The molecule has 0 aliphatic rings. The molecule has 0 aromatic heterocycles. The molecule has 1 unspecified atom stereocenters. The van der Waals surface area contributed by atoms with Gasteiger partial charge in [0.2, 0.25) is 0 Å². The van der Waals surface area contributed by atoms with E-state index in [1.54, 1.807) is 6.92 Å². The van der Waals surface area contributed by atoms with Crippen LogP contribution in [0.2, 0.25) is 0 Å². The SMILES string of the molecule is [CH2]C(C)c1ccc(F)c(OC(F)(F)F)c1. The lowest BCUT2D eigenvalue weighted by atomic mass is 10.0. The highest BCUT2D eigenvalue weighted by molar-refractivity contribution is 5.32. The molecule has 0 N–H and O–H groups in total. The Kier molecular flexibility index (Phi) is 3.21. The zero-order valence-electron chi connectivity index (χ0n) is 7.94. The largest absolute Gasteiger partial charge is 0.573 e. The van der Waals surface area contributed by atoms with Crippen LogP contribution < -0.4 is 4.74 Å². The smallest absolute Gasteiger partial charge is 0.403 e. The minimum Gasteiger partial charge on any atom is -0.403 e. The fourth-order valence-corrected chi connectivity index (χ4v) is 1.03. The number of alkyl halides is 3. The van der Waals surface area contributed by atoms with E-state index in [-0.39, 0.29) is 5.92 Å². The summed E-state index contributed by atoms with van der Waals surface area (Å²) in [7, 11) is 0.